The summed E-state index contributed by atoms with van der Waals surface area (Å²) >= 11 is 0. The van der Waals surface area contributed by atoms with Crippen molar-refractivity contribution in [1.29, 1.82) is 0 Å². The van der Waals surface area contributed by atoms with E-state index < -0.39 is 6.36 Å². The molecule has 2 N–H and O–H groups in total. The zero-order valence-corrected chi connectivity index (χ0v) is 17.5. The fourth-order valence-electron chi connectivity index (χ4n) is 3.48. The van der Waals surface area contributed by atoms with Gasteiger partial charge >= 0.3 is 6.36 Å². The number of alkyl halides is 3. The third-order valence-corrected chi connectivity index (χ3v) is 5.29. The summed E-state index contributed by atoms with van der Waals surface area (Å²) in [7, 11) is 0. The Labute approximate surface area is 179 Å². The first-order chi connectivity index (χ1) is 14.6. The number of hydrogen-bond acceptors (Lipinski definition) is 5. The van der Waals surface area contributed by atoms with Crippen LogP contribution in [0.15, 0.2) is 36.4 Å². The minimum Gasteiger partial charge on any atom is -0.508 e. The molecule has 6 nitrogen and oxygen atoms in total. The van der Waals surface area contributed by atoms with E-state index in [0.29, 0.717) is 31.1 Å². The van der Waals surface area contributed by atoms with Gasteiger partial charge in [0, 0.05) is 44.0 Å². The van der Waals surface area contributed by atoms with E-state index in [1.165, 1.54) is 12.1 Å². The molecule has 0 saturated carbocycles. The van der Waals surface area contributed by atoms with Crippen molar-refractivity contribution in [2.45, 2.75) is 26.8 Å². The Morgan fingerprint density at radius 2 is 1.61 bits per heavy atom. The van der Waals surface area contributed by atoms with Crippen molar-refractivity contribution in [1.82, 2.24) is 9.80 Å². The van der Waals surface area contributed by atoms with Crippen LogP contribution in [0.2, 0.25) is 0 Å². The lowest BCUT2D eigenvalue weighted by atomic mass is 10.0. The van der Waals surface area contributed by atoms with Crippen molar-refractivity contribution in [2.24, 2.45) is 0 Å². The van der Waals surface area contributed by atoms with E-state index in [0.717, 1.165) is 41.9 Å². The number of anilines is 1. The number of nitrogens with zero attached hydrogens (tertiary/aromatic N) is 2. The van der Waals surface area contributed by atoms with Crippen LogP contribution in [-0.4, -0.2) is 59.9 Å². The molecule has 31 heavy (non-hydrogen) atoms. The molecule has 1 amide bonds. The molecule has 2 aromatic rings. The summed E-state index contributed by atoms with van der Waals surface area (Å²) in [5, 5.41) is 12.9. The van der Waals surface area contributed by atoms with Crippen LogP contribution in [0.4, 0.5) is 18.9 Å². The maximum atomic E-state index is 12.3. The van der Waals surface area contributed by atoms with Crippen molar-refractivity contribution in [2.75, 3.05) is 38.0 Å². The number of aromatic hydroxyl groups is 1. The molecular formula is C22H26F3N3O3. The van der Waals surface area contributed by atoms with Gasteiger partial charge in [-0.2, -0.15) is 0 Å². The lowest BCUT2D eigenvalue weighted by Crippen LogP contribution is -2.48. The van der Waals surface area contributed by atoms with Crippen LogP contribution in [0.3, 0.4) is 0 Å². The van der Waals surface area contributed by atoms with E-state index in [-0.39, 0.29) is 18.2 Å². The van der Waals surface area contributed by atoms with Crippen LogP contribution in [-0.2, 0) is 11.3 Å². The van der Waals surface area contributed by atoms with Gasteiger partial charge in [-0.05, 0) is 55.3 Å². The van der Waals surface area contributed by atoms with Gasteiger partial charge in [-0.3, -0.25) is 14.6 Å². The van der Waals surface area contributed by atoms with Gasteiger partial charge in [0.15, 0.2) is 0 Å². The summed E-state index contributed by atoms with van der Waals surface area (Å²) in [6.07, 6.45) is -4.75. The lowest BCUT2D eigenvalue weighted by molar-refractivity contribution is -0.274. The van der Waals surface area contributed by atoms with Gasteiger partial charge < -0.3 is 15.2 Å². The average Bonchev–Trinajstić information content (AvgIpc) is 2.68. The quantitative estimate of drug-likeness (QED) is 0.722. The number of phenols is 1. The summed E-state index contributed by atoms with van der Waals surface area (Å²) in [5.41, 5.74) is 3.50. The third kappa shape index (κ3) is 6.86. The van der Waals surface area contributed by atoms with Crippen LogP contribution in [0.1, 0.15) is 16.7 Å². The molecule has 0 unspecified atom stereocenters. The third-order valence-electron chi connectivity index (χ3n) is 5.29. The molecule has 1 aliphatic heterocycles. The van der Waals surface area contributed by atoms with Crippen LogP contribution in [0, 0.1) is 13.8 Å². The molecule has 9 heteroatoms. The van der Waals surface area contributed by atoms with Crippen LogP contribution >= 0.6 is 0 Å². The van der Waals surface area contributed by atoms with Gasteiger partial charge in [0.1, 0.15) is 11.5 Å². The molecule has 0 aliphatic carbocycles. The number of benzene rings is 2. The monoisotopic (exact) mass is 437 g/mol. The molecule has 2 aromatic carbocycles. The molecule has 0 atom stereocenters. The van der Waals surface area contributed by atoms with E-state index in [2.05, 4.69) is 15.0 Å². The first-order valence-corrected chi connectivity index (χ1v) is 9.98. The summed E-state index contributed by atoms with van der Waals surface area (Å²) in [5.74, 6) is -0.266. The highest BCUT2D eigenvalue weighted by Crippen LogP contribution is 2.25. The Balaban J connectivity index is 1.44. The number of carbonyl (C=O) groups excluding carboxylic acids is 1. The molecule has 0 spiro atoms. The summed E-state index contributed by atoms with van der Waals surface area (Å²) < 4.78 is 40.4. The summed E-state index contributed by atoms with van der Waals surface area (Å²) in [6.45, 7) is 7.78. The Kier molecular flexibility index (Phi) is 7.07. The van der Waals surface area contributed by atoms with Gasteiger partial charge in [0.25, 0.3) is 0 Å². The smallest absolute Gasteiger partial charge is 0.508 e. The predicted molar refractivity (Wildman–Crippen MR) is 111 cm³/mol. The summed E-state index contributed by atoms with van der Waals surface area (Å²) in [4.78, 5) is 16.5. The zero-order chi connectivity index (χ0) is 22.6. The standard InChI is InChI=1S/C22H26F3N3O3/c1-15-11-17(20(29)12-16(15)2)13-27-7-9-28(10-8-27)14-21(30)26-18-3-5-19(6-4-18)31-22(23,24)25/h3-6,11-12,29H,7-10,13-14H2,1-2H3,(H,26,30). The molecule has 1 heterocycles. The number of piperazine rings is 1. The molecule has 0 radical (unpaired) electrons. The zero-order valence-electron chi connectivity index (χ0n) is 17.5. The number of aryl methyl sites for hydroxylation is 2. The van der Waals surface area contributed by atoms with Crippen molar-refractivity contribution in [3.05, 3.63) is 53.1 Å². The molecule has 3 rings (SSSR count). The Bertz CT molecular complexity index is 909. The molecule has 1 aliphatic rings. The lowest BCUT2D eigenvalue weighted by Gasteiger charge is -2.34. The number of phenolic OH excluding ortho intramolecular Hbond substituents is 1. The Morgan fingerprint density at radius 1 is 1.03 bits per heavy atom. The fourth-order valence-corrected chi connectivity index (χ4v) is 3.48. The maximum absolute atomic E-state index is 12.3. The largest absolute Gasteiger partial charge is 0.573 e. The molecule has 1 saturated heterocycles. The number of rotatable bonds is 6. The van der Waals surface area contributed by atoms with Gasteiger partial charge in [-0.25, -0.2) is 0 Å². The predicted octanol–water partition coefficient (Wildman–Crippen LogP) is 3.66. The minimum atomic E-state index is -4.75. The van der Waals surface area contributed by atoms with Crippen LogP contribution in [0.5, 0.6) is 11.5 Å². The van der Waals surface area contributed by atoms with Gasteiger partial charge in [-0.1, -0.05) is 6.07 Å². The number of hydrogen-bond donors (Lipinski definition) is 2. The van der Waals surface area contributed by atoms with Crippen LogP contribution < -0.4 is 10.1 Å². The van der Waals surface area contributed by atoms with Crippen LogP contribution in [0.25, 0.3) is 0 Å². The highest BCUT2D eigenvalue weighted by atomic mass is 19.4. The highest BCUT2D eigenvalue weighted by Gasteiger charge is 2.31. The second kappa shape index (κ2) is 9.57. The van der Waals surface area contributed by atoms with Crippen molar-refractivity contribution >= 4 is 11.6 Å². The number of halogens is 3. The highest BCUT2D eigenvalue weighted by molar-refractivity contribution is 5.92. The normalized spacial score (nSPS) is 15.6. The van der Waals surface area contributed by atoms with Gasteiger partial charge in [0.05, 0.1) is 6.54 Å². The van der Waals surface area contributed by atoms with E-state index in [1.54, 1.807) is 6.07 Å². The van der Waals surface area contributed by atoms with E-state index in [1.807, 2.05) is 24.8 Å². The molecule has 0 aromatic heterocycles. The maximum Gasteiger partial charge on any atom is 0.573 e. The first kappa shape index (κ1) is 22.9. The first-order valence-electron chi connectivity index (χ1n) is 9.98. The molecule has 0 bridgehead atoms. The van der Waals surface area contributed by atoms with Crippen molar-refractivity contribution in [3.63, 3.8) is 0 Å². The van der Waals surface area contributed by atoms with Gasteiger partial charge in [-0.15, -0.1) is 13.2 Å². The average molecular weight is 437 g/mol. The number of nitrogens with one attached hydrogen (secondary N) is 1. The Morgan fingerprint density at radius 3 is 2.23 bits per heavy atom. The molecule has 1 fully saturated rings. The SMILES string of the molecule is Cc1cc(O)c(CN2CCN(CC(=O)Nc3ccc(OC(F)(F)F)cc3)CC2)cc1C. The second-order valence-corrected chi connectivity index (χ2v) is 7.74. The van der Waals surface area contributed by atoms with Crippen molar-refractivity contribution < 1.29 is 27.8 Å². The fraction of sp³-hybridized carbons (Fsp3) is 0.409. The number of amides is 1. The second-order valence-electron chi connectivity index (χ2n) is 7.74. The molecular weight excluding hydrogens is 411 g/mol. The van der Waals surface area contributed by atoms with E-state index in [9.17, 15) is 23.1 Å². The van der Waals surface area contributed by atoms with E-state index >= 15 is 0 Å². The Hall–Kier alpha value is -2.78. The van der Waals surface area contributed by atoms with Gasteiger partial charge in [0.2, 0.25) is 5.91 Å². The van der Waals surface area contributed by atoms with E-state index in [4.69, 9.17) is 0 Å². The summed E-state index contributed by atoms with van der Waals surface area (Å²) in [6, 6.07) is 8.84. The number of ether oxygens (including phenoxy) is 1. The van der Waals surface area contributed by atoms with Crippen molar-refractivity contribution in [3.8, 4) is 11.5 Å². The number of carbonyl (C=O) groups is 1. The topological polar surface area (TPSA) is 65.0 Å². The minimum absolute atomic E-state index is 0.198. The molecule has 168 valence electrons.